The molecule has 4 heterocycles. The van der Waals surface area contributed by atoms with Crippen LogP contribution in [0.2, 0.25) is 0 Å². The molecule has 52 heavy (non-hydrogen) atoms. The Morgan fingerprint density at radius 3 is 0.942 bits per heavy atom. The summed E-state index contributed by atoms with van der Waals surface area (Å²) in [5, 5.41) is 13.7. The van der Waals surface area contributed by atoms with Crippen LogP contribution in [0.4, 0.5) is 0 Å². The molecule has 0 radical (unpaired) electrons. The highest BCUT2D eigenvalue weighted by molar-refractivity contribution is 6.07. The minimum absolute atomic E-state index is 0.303. The van der Waals surface area contributed by atoms with Gasteiger partial charge in [-0.3, -0.25) is 19.2 Å². The van der Waals surface area contributed by atoms with E-state index in [2.05, 4.69) is 34.4 Å². The molecule has 4 saturated heterocycles. The number of carbonyl (C=O) groups is 4. The topological polar surface area (TPSA) is 153 Å². The quantitative estimate of drug-likeness (QED) is 0.142. The van der Waals surface area contributed by atoms with E-state index in [1.165, 1.54) is 0 Å². The third-order valence-electron chi connectivity index (χ3n) is 10.2. The van der Waals surface area contributed by atoms with Crippen molar-refractivity contribution in [2.24, 2.45) is 11.8 Å². The highest BCUT2D eigenvalue weighted by Gasteiger charge is 2.53. The van der Waals surface area contributed by atoms with Crippen molar-refractivity contribution in [3.63, 3.8) is 0 Å². The average Bonchev–Trinajstić information content (AvgIpc) is 2.84. The molecule has 4 rings (SSSR count). The van der Waals surface area contributed by atoms with Crippen molar-refractivity contribution in [2.75, 3.05) is 0 Å². The van der Waals surface area contributed by atoms with Crippen molar-refractivity contribution < 1.29 is 38.1 Å². The molecule has 0 aromatic rings. The number of rotatable bonds is 9. The summed E-state index contributed by atoms with van der Waals surface area (Å²) in [5.74, 6) is -8.03. The lowest BCUT2D eigenvalue weighted by molar-refractivity contribution is -0.189. The number of piperidine rings is 4. The fourth-order valence-corrected chi connectivity index (χ4v) is 9.47. The highest BCUT2D eigenvalue weighted by atomic mass is 16.6. The standard InChI is InChI=1S/C40H66N4O8/c1-23-15-25(17-35(3,4)41-23)49-31(45)29(32(46)50-26-16-24(2)42-36(5,6)18-26)30(33(47)51-27-19-37(7,8)43-38(9,10)20-27)34(48)52-28-21-39(11,12)44-40(13,14)22-28/h25-30,41-44H,1-2,15-22H2,3-14H3. The predicted octanol–water partition coefficient (Wildman–Crippen LogP) is 5.10. The minimum atomic E-state index is -1.97. The molecule has 0 bridgehead atoms. The van der Waals surface area contributed by atoms with Gasteiger partial charge in [0.2, 0.25) is 0 Å². The second kappa shape index (κ2) is 14.6. The van der Waals surface area contributed by atoms with Gasteiger partial charge in [-0.05, 0) is 83.1 Å². The number of carbonyl (C=O) groups excluding carboxylic acids is 4. The zero-order valence-electron chi connectivity index (χ0n) is 33.8. The first-order valence-electron chi connectivity index (χ1n) is 18.9. The maximum absolute atomic E-state index is 14.5. The fourth-order valence-electron chi connectivity index (χ4n) is 9.47. The second-order valence-corrected chi connectivity index (χ2v) is 19.8. The van der Waals surface area contributed by atoms with Crippen molar-refractivity contribution in [1.82, 2.24) is 21.3 Å². The van der Waals surface area contributed by atoms with Crippen LogP contribution in [0.3, 0.4) is 0 Å². The Morgan fingerprint density at radius 2 is 0.692 bits per heavy atom. The highest BCUT2D eigenvalue weighted by Crippen LogP contribution is 2.36. The molecule has 0 aromatic heterocycles. The lowest BCUT2D eigenvalue weighted by Crippen LogP contribution is -2.60. The molecule has 4 fully saturated rings. The van der Waals surface area contributed by atoms with Gasteiger partial charge in [-0.15, -0.1) is 0 Å². The van der Waals surface area contributed by atoms with E-state index in [-0.39, 0.29) is 22.2 Å². The molecule has 4 N–H and O–H groups in total. The van der Waals surface area contributed by atoms with Gasteiger partial charge in [-0.1, -0.05) is 13.2 Å². The summed E-state index contributed by atoms with van der Waals surface area (Å²) in [5.41, 5.74) is -1.10. The van der Waals surface area contributed by atoms with E-state index in [0.717, 1.165) is 0 Å². The molecule has 0 saturated carbocycles. The average molecular weight is 731 g/mol. The molecule has 2 unspecified atom stereocenters. The molecule has 0 spiro atoms. The van der Waals surface area contributed by atoms with E-state index >= 15 is 0 Å². The van der Waals surface area contributed by atoms with Gasteiger partial charge in [-0.25, -0.2) is 0 Å². The van der Waals surface area contributed by atoms with Gasteiger partial charge in [0.1, 0.15) is 24.4 Å². The first-order chi connectivity index (χ1) is 23.5. The van der Waals surface area contributed by atoms with Gasteiger partial charge < -0.3 is 40.2 Å². The molecular weight excluding hydrogens is 664 g/mol. The maximum Gasteiger partial charge on any atom is 0.322 e. The second-order valence-electron chi connectivity index (χ2n) is 19.8. The van der Waals surface area contributed by atoms with Crippen LogP contribution in [0.5, 0.6) is 0 Å². The van der Waals surface area contributed by atoms with Crippen LogP contribution >= 0.6 is 0 Å². The molecule has 4 aliphatic rings. The predicted molar refractivity (Wildman–Crippen MR) is 199 cm³/mol. The van der Waals surface area contributed by atoms with E-state index in [9.17, 15) is 19.2 Å². The molecule has 0 amide bonds. The van der Waals surface area contributed by atoms with Crippen LogP contribution < -0.4 is 21.3 Å². The molecule has 2 atom stereocenters. The number of hydrogen-bond acceptors (Lipinski definition) is 12. The van der Waals surface area contributed by atoms with Crippen molar-refractivity contribution in [3.05, 3.63) is 24.6 Å². The number of hydrogen-bond donors (Lipinski definition) is 4. The van der Waals surface area contributed by atoms with E-state index in [1.807, 2.05) is 83.1 Å². The molecule has 12 heteroatoms. The first-order valence-corrected chi connectivity index (χ1v) is 18.9. The van der Waals surface area contributed by atoms with Gasteiger partial charge in [0.15, 0.2) is 11.8 Å². The molecule has 294 valence electrons. The Labute approximate surface area is 311 Å². The van der Waals surface area contributed by atoms with Crippen molar-refractivity contribution >= 4 is 23.9 Å². The monoisotopic (exact) mass is 730 g/mol. The van der Waals surface area contributed by atoms with Crippen molar-refractivity contribution in [1.29, 1.82) is 0 Å². The molecule has 0 aromatic carbocycles. The Kier molecular flexibility index (Phi) is 11.7. The van der Waals surface area contributed by atoms with Crippen LogP contribution in [0.1, 0.15) is 134 Å². The number of ether oxygens (including phenoxy) is 4. The Hall–Kier alpha value is -3.12. The third-order valence-corrected chi connectivity index (χ3v) is 10.2. The maximum atomic E-state index is 14.5. The van der Waals surface area contributed by atoms with Gasteiger partial charge in [-0.2, -0.15) is 0 Å². The minimum Gasteiger partial charge on any atom is -0.462 e. The van der Waals surface area contributed by atoms with E-state index in [4.69, 9.17) is 18.9 Å². The van der Waals surface area contributed by atoms with Crippen LogP contribution in [0.15, 0.2) is 24.6 Å². The fraction of sp³-hybridized carbons (Fsp3) is 0.800. The summed E-state index contributed by atoms with van der Waals surface area (Å²) in [4.78, 5) is 57.8. The zero-order chi connectivity index (χ0) is 39.2. The summed E-state index contributed by atoms with van der Waals surface area (Å²) in [6.45, 7) is 32.0. The van der Waals surface area contributed by atoms with Crippen LogP contribution in [0.25, 0.3) is 0 Å². The molecule has 4 aliphatic heterocycles. The van der Waals surface area contributed by atoms with E-state index < -0.39 is 71.2 Å². The zero-order valence-corrected chi connectivity index (χ0v) is 33.8. The lowest BCUT2D eigenvalue weighted by Gasteiger charge is -2.46. The summed E-state index contributed by atoms with van der Waals surface area (Å²) in [6, 6.07) is 0. The number of esters is 4. The summed E-state index contributed by atoms with van der Waals surface area (Å²) in [6.07, 6.45) is 0.757. The van der Waals surface area contributed by atoms with E-state index in [0.29, 0.717) is 62.8 Å². The van der Waals surface area contributed by atoms with Crippen LogP contribution in [0, 0.1) is 11.8 Å². The first kappa shape index (κ1) is 41.6. The third kappa shape index (κ3) is 11.4. The van der Waals surface area contributed by atoms with Gasteiger partial charge in [0.25, 0.3) is 0 Å². The number of nitrogens with one attached hydrogen (secondary N) is 4. The Morgan fingerprint density at radius 1 is 0.462 bits per heavy atom. The molecule has 0 aliphatic carbocycles. The Bertz CT molecular complexity index is 1290. The van der Waals surface area contributed by atoms with Gasteiger partial charge >= 0.3 is 23.9 Å². The Balaban J connectivity index is 1.73. The van der Waals surface area contributed by atoms with E-state index in [1.54, 1.807) is 0 Å². The van der Waals surface area contributed by atoms with Gasteiger partial charge in [0, 0.05) is 96.0 Å². The summed E-state index contributed by atoms with van der Waals surface area (Å²) < 4.78 is 24.3. The van der Waals surface area contributed by atoms with Crippen molar-refractivity contribution in [3.8, 4) is 0 Å². The largest absolute Gasteiger partial charge is 0.462 e. The smallest absolute Gasteiger partial charge is 0.322 e. The molecular formula is C40H66N4O8. The lowest BCUT2D eigenvalue weighted by atomic mass is 9.80. The normalized spacial score (nSPS) is 28.4. The summed E-state index contributed by atoms with van der Waals surface area (Å²) in [7, 11) is 0. The van der Waals surface area contributed by atoms with Gasteiger partial charge in [0.05, 0.1) is 0 Å². The van der Waals surface area contributed by atoms with Crippen molar-refractivity contribution in [2.45, 2.75) is 192 Å². The van der Waals surface area contributed by atoms with Crippen LogP contribution in [-0.4, -0.2) is 81.5 Å². The molecule has 12 nitrogen and oxygen atoms in total. The van der Waals surface area contributed by atoms with Crippen LogP contribution in [-0.2, 0) is 38.1 Å². The SMILES string of the molecule is C=C1CC(OC(=O)C(C(=O)OC2CC(=C)NC(C)(C)C2)C(C(=O)OC2CC(C)(C)NC(C)(C)C2)C(=O)OC2CC(C)(C)NC(C)(C)C2)CC(C)(C)N1. The summed E-state index contributed by atoms with van der Waals surface area (Å²) >= 11 is 0.